The van der Waals surface area contributed by atoms with Crippen molar-refractivity contribution in [3.8, 4) is 5.75 Å². The quantitative estimate of drug-likeness (QED) is 0.541. The number of thiocarbonyl (C=S) groups is 1. The molecule has 0 aromatic heterocycles. The zero-order valence-corrected chi connectivity index (χ0v) is 15.6. The number of rotatable bonds is 5. The minimum atomic E-state index is -0.255. The van der Waals surface area contributed by atoms with Crippen LogP contribution in [0.1, 0.15) is 23.7 Å². The molecule has 2 aromatic carbocycles. The van der Waals surface area contributed by atoms with Crippen molar-refractivity contribution in [3.63, 3.8) is 0 Å². The van der Waals surface area contributed by atoms with Crippen LogP contribution in [0.5, 0.6) is 5.75 Å². The molecule has 0 spiro atoms. The van der Waals surface area contributed by atoms with Crippen LogP contribution in [-0.4, -0.2) is 17.6 Å². The van der Waals surface area contributed by atoms with Gasteiger partial charge in [0.15, 0.2) is 5.11 Å². The summed E-state index contributed by atoms with van der Waals surface area (Å²) in [6.45, 7) is 2.71. The summed E-state index contributed by atoms with van der Waals surface area (Å²) in [4.78, 5) is 12.1. The van der Waals surface area contributed by atoms with E-state index < -0.39 is 0 Å². The first-order valence-electron chi connectivity index (χ1n) is 7.19. The largest absolute Gasteiger partial charge is 0.494 e. The van der Waals surface area contributed by atoms with Crippen LogP contribution in [-0.2, 0) is 0 Å². The van der Waals surface area contributed by atoms with Crippen molar-refractivity contribution in [2.75, 3.05) is 11.9 Å². The normalized spacial score (nSPS) is 10.0. The number of ether oxygens (including phenoxy) is 1. The van der Waals surface area contributed by atoms with Crippen LogP contribution >= 0.6 is 34.8 Å². The molecule has 2 N–H and O–H groups in total. The first-order valence-corrected chi connectivity index (χ1v) is 8.68. The van der Waals surface area contributed by atoms with Gasteiger partial charge in [0, 0.05) is 14.8 Å². The summed E-state index contributed by atoms with van der Waals surface area (Å²) in [5, 5.41) is 5.91. The molecule has 0 bridgehead atoms. The Kier molecular flexibility index (Phi) is 6.79. The molecule has 0 aliphatic rings. The summed E-state index contributed by atoms with van der Waals surface area (Å²) in [6, 6.07) is 14.7. The van der Waals surface area contributed by atoms with Crippen LogP contribution in [0, 0.1) is 3.57 Å². The Labute approximate surface area is 154 Å². The Balaban J connectivity index is 1.90. The summed E-state index contributed by atoms with van der Waals surface area (Å²) < 4.78 is 6.62. The fourth-order valence-corrected chi connectivity index (χ4v) is 2.36. The smallest absolute Gasteiger partial charge is 0.257 e. The van der Waals surface area contributed by atoms with Gasteiger partial charge in [-0.1, -0.05) is 6.92 Å². The van der Waals surface area contributed by atoms with E-state index in [1.165, 1.54) is 0 Å². The molecule has 0 heterocycles. The van der Waals surface area contributed by atoms with Crippen molar-refractivity contribution < 1.29 is 9.53 Å². The lowest BCUT2D eigenvalue weighted by atomic mass is 10.2. The number of carbonyl (C=O) groups excluding carboxylic acids is 1. The number of anilines is 1. The van der Waals surface area contributed by atoms with E-state index in [2.05, 4.69) is 33.2 Å². The topological polar surface area (TPSA) is 50.4 Å². The molecule has 0 atom stereocenters. The Morgan fingerprint density at radius 2 is 1.78 bits per heavy atom. The molecule has 0 unspecified atom stereocenters. The molecule has 0 radical (unpaired) electrons. The predicted octanol–water partition coefficient (Wildman–Crippen LogP) is 4.21. The van der Waals surface area contributed by atoms with Crippen LogP contribution in [0.2, 0.25) is 0 Å². The first-order chi connectivity index (χ1) is 11.1. The lowest BCUT2D eigenvalue weighted by Gasteiger charge is -2.10. The average molecular weight is 440 g/mol. The van der Waals surface area contributed by atoms with E-state index in [0.29, 0.717) is 12.2 Å². The Hall–Kier alpha value is -1.67. The molecule has 2 aromatic rings. The molecule has 1 amide bonds. The Morgan fingerprint density at radius 3 is 2.39 bits per heavy atom. The highest BCUT2D eigenvalue weighted by Crippen LogP contribution is 2.13. The maximum absolute atomic E-state index is 12.1. The van der Waals surface area contributed by atoms with Crippen molar-refractivity contribution in [1.82, 2.24) is 5.32 Å². The molecule has 6 heteroatoms. The van der Waals surface area contributed by atoms with Gasteiger partial charge in [-0.2, -0.15) is 0 Å². The SMILES string of the molecule is CCCOc1ccc(C(=O)NC(=S)Nc2ccc(I)cc2)cc1. The van der Waals surface area contributed by atoms with Gasteiger partial charge in [0.05, 0.1) is 6.61 Å². The molecule has 0 saturated carbocycles. The molecule has 0 fully saturated rings. The van der Waals surface area contributed by atoms with Gasteiger partial charge in [0.1, 0.15) is 5.75 Å². The second-order valence-electron chi connectivity index (χ2n) is 4.79. The zero-order chi connectivity index (χ0) is 16.7. The van der Waals surface area contributed by atoms with E-state index in [0.717, 1.165) is 21.4 Å². The Morgan fingerprint density at radius 1 is 1.13 bits per heavy atom. The summed E-state index contributed by atoms with van der Waals surface area (Å²) in [5.74, 6) is 0.498. The van der Waals surface area contributed by atoms with E-state index in [9.17, 15) is 4.79 Å². The van der Waals surface area contributed by atoms with Gasteiger partial charge in [-0.3, -0.25) is 10.1 Å². The van der Waals surface area contributed by atoms with Gasteiger partial charge in [-0.05, 0) is 89.8 Å². The highest BCUT2D eigenvalue weighted by molar-refractivity contribution is 14.1. The van der Waals surface area contributed by atoms with Gasteiger partial charge in [0.25, 0.3) is 5.91 Å². The minimum Gasteiger partial charge on any atom is -0.494 e. The number of benzene rings is 2. The average Bonchev–Trinajstić information content (AvgIpc) is 2.55. The molecule has 120 valence electrons. The van der Waals surface area contributed by atoms with E-state index in [-0.39, 0.29) is 11.0 Å². The van der Waals surface area contributed by atoms with Crippen LogP contribution in [0.25, 0.3) is 0 Å². The number of halogens is 1. The van der Waals surface area contributed by atoms with Crippen molar-refractivity contribution in [3.05, 3.63) is 57.7 Å². The second-order valence-corrected chi connectivity index (χ2v) is 6.44. The Bertz CT molecular complexity index is 672. The van der Waals surface area contributed by atoms with Crippen LogP contribution in [0.4, 0.5) is 5.69 Å². The van der Waals surface area contributed by atoms with Gasteiger partial charge < -0.3 is 10.1 Å². The number of hydrogen-bond donors (Lipinski definition) is 2. The number of hydrogen-bond acceptors (Lipinski definition) is 3. The highest BCUT2D eigenvalue weighted by atomic mass is 127. The maximum atomic E-state index is 12.1. The second kappa shape index (κ2) is 8.83. The lowest BCUT2D eigenvalue weighted by molar-refractivity contribution is 0.0977. The monoisotopic (exact) mass is 440 g/mol. The lowest BCUT2D eigenvalue weighted by Crippen LogP contribution is -2.34. The minimum absolute atomic E-state index is 0.255. The number of nitrogens with one attached hydrogen (secondary N) is 2. The molecular weight excluding hydrogens is 423 g/mol. The standard InChI is InChI=1S/C17H17IN2O2S/c1-2-11-22-15-9-3-12(4-10-15)16(21)20-17(23)19-14-7-5-13(18)6-8-14/h3-10H,2,11H2,1H3,(H2,19,20,21,23). The maximum Gasteiger partial charge on any atom is 0.257 e. The molecular formula is C17H17IN2O2S. The molecule has 2 rings (SSSR count). The fraction of sp³-hybridized carbons (Fsp3) is 0.176. The van der Waals surface area contributed by atoms with E-state index in [1.807, 2.05) is 31.2 Å². The molecule has 4 nitrogen and oxygen atoms in total. The van der Waals surface area contributed by atoms with Crippen molar-refractivity contribution in [2.45, 2.75) is 13.3 Å². The van der Waals surface area contributed by atoms with E-state index >= 15 is 0 Å². The van der Waals surface area contributed by atoms with Crippen molar-refractivity contribution in [1.29, 1.82) is 0 Å². The van der Waals surface area contributed by atoms with Gasteiger partial charge >= 0.3 is 0 Å². The third-order valence-electron chi connectivity index (χ3n) is 2.92. The summed E-state index contributed by atoms with van der Waals surface area (Å²) in [5.41, 5.74) is 1.36. The zero-order valence-electron chi connectivity index (χ0n) is 12.6. The molecule has 0 saturated heterocycles. The van der Waals surface area contributed by atoms with Crippen LogP contribution in [0.15, 0.2) is 48.5 Å². The van der Waals surface area contributed by atoms with Gasteiger partial charge in [0.2, 0.25) is 0 Å². The highest BCUT2D eigenvalue weighted by Gasteiger charge is 2.08. The molecule has 23 heavy (non-hydrogen) atoms. The van der Waals surface area contributed by atoms with Crippen LogP contribution < -0.4 is 15.4 Å². The van der Waals surface area contributed by atoms with Crippen LogP contribution in [0.3, 0.4) is 0 Å². The summed E-state index contributed by atoms with van der Waals surface area (Å²) >= 11 is 7.39. The van der Waals surface area contributed by atoms with Gasteiger partial charge in [-0.15, -0.1) is 0 Å². The van der Waals surface area contributed by atoms with Crippen molar-refractivity contribution >= 4 is 51.5 Å². The third-order valence-corrected chi connectivity index (χ3v) is 3.84. The first kappa shape index (κ1) is 17.7. The van der Waals surface area contributed by atoms with Crippen molar-refractivity contribution in [2.24, 2.45) is 0 Å². The number of carbonyl (C=O) groups is 1. The third kappa shape index (κ3) is 5.80. The van der Waals surface area contributed by atoms with E-state index in [4.69, 9.17) is 17.0 Å². The number of amides is 1. The molecule has 0 aliphatic heterocycles. The van der Waals surface area contributed by atoms with Gasteiger partial charge in [-0.25, -0.2) is 0 Å². The fourth-order valence-electron chi connectivity index (χ4n) is 1.79. The summed E-state index contributed by atoms with van der Waals surface area (Å²) in [6.07, 6.45) is 0.945. The van der Waals surface area contributed by atoms with E-state index in [1.54, 1.807) is 24.3 Å². The predicted molar refractivity (Wildman–Crippen MR) is 105 cm³/mol. The summed E-state index contributed by atoms with van der Waals surface area (Å²) in [7, 11) is 0. The molecule has 0 aliphatic carbocycles.